The van der Waals surface area contributed by atoms with Crippen molar-refractivity contribution in [2.24, 2.45) is 5.11 Å². The Balaban J connectivity index is 2.19. The standard InChI is InChI=1S/C10H9N3O/c11-13-12-3-1-8-5-9-2-4-14-7-10(9)6-8/h2,4-7H,1,3H2. The lowest BCUT2D eigenvalue weighted by Gasteiger charge is -1.91. The van der Waals surface area contributed by atoms with Gasteiger partial charge in [-0.05, 0) is 35.2 Å². The van der Waals surface area contributed by atoms with E-state index in [9.17, 15) is 0 Å². The molecular weight excluding hydrogens is 178 g/mol. The molecule has 0 saturated heterocycles. The van der Waals surface area contributed by atoms with E-state index in [0.717, 1.165) is 17.5 Å². The molecule has 0 unspecified atom stereocenters. The fourth-order valence-corrected chi connectivity index (χ4v) is 1.45. The van der Waals surface area contributed by atoms with E-state index >= 15 is 0 Å². The van der Waals surface area contributed by atoms with Crippen LogP contribution in [0.15, 0.2) is 40.3 Å². The van der Waals surface area contributed by atoms with Gasteiger partial charge in [0.05, 0.1) is 12.5 Å². The molecule has 1 heterocycles. The highest BCUT2D eigenvalue weighted by Gasteiger charge is 2.05. The van der Waals surface area contributed by atoms with E-state index < -0.39 is 0 Å². The van der Waals surface area contributed by atoms with Crippen LogP contribution in [0.25, 0.3) is 21.6 Å². The first-order chi connectivity index (χ1) is 6.90. The summed E-state index contributed by atoms with van der Waals surface area (Å²) >= 11 is 0. The van der Waals surface area contributed by atoms with Crippen molar-refractivity contribution >= 4 is 0 Å². The van der Waals surface area contributed by atoms with Gasteiger partial charge in [-0.3, -0.25) is 0 Å². The van der Waals surface area contributed by atoms with Crippen molar-refractivity contribution in [2.45, 2.75) is 6.42 Å². The van der Waals surface area contributed by atoms with Gasteiger partial charge in [-0.25, -0.2) is 0 Å². The molecular formula is C10H9N3O. The first-order valence-electron chi connectivity index (χ1n) is 4.36. The van der Waals surface area contributed by atoms with Crippen molar-refractivity contribution in [1.29, 1.82) is 0 Å². The molecule has 0 N–H and O–H groups in total. The summed E-state index contributed by atoms with van der Waals surface area (Å²) in [7, 11) is 0. The Labute approximate surface area is 81.1 Å². The molecule has 0 bridgehead atoms. The SMILES string of the molecule is [N-]=[N+]=NCCc1cc2ccocc-2c1. The van der Waals surface area contributed by atoms with Gasteiger partial charge in [0.25, 0.3) is 0 Å². The monoisotopic (exact) mass is 187 g/mol. The Morgan fingerprint density at radius 1 is 1.36 bits per heavy atom. The maximum absolute atomic E-state index is 8.13. The van der Waals surface area contributed by atoms with Crippen LogP contribution in [0.2, 0.25) is 0 Å². The molecule has 1 aliphatic carbocycles. The van der Waals surface area contributed by atoms with Gasteiger partial charge in [0, 0.05) is 17.0 Å². The molecule has 1 aliphatic heterocycles. The van der Waals surface area contributed by atoms with Crippen LogP contribution in [0.5, 0.6) is 0 Å². The number of hydrogen-bond donors (Lipinski definition) is 0. The zero-order valence-electron chi connectivity index (χ0n) is 7.55. The molecule has 0 atom stereocenters. The predicted molar refractivity (Wildman–Crippen MR) is 53.0 cm³/mol. The zero-order chi connectivity index (χ0) is 9.80. The van der Waals surface area contributed by atoms with E-state index in [2.05, 4.69) is 16.1 Å². The normalized spacial score (nSPS) is 10.0. The summed E-state index contributed by atoms with van der Waals surface area (Å²) in [5, 5.41) is 3.49. The second kappa shape index (κ2) is 3.85. The van der Waals surface area contributed by atoms with Gasteiger partial charge >= 0.3 is 0 Å². The summed E-state index contributed by atoms with van der Waals surface area (Å²) in [6, 6.07) is 6.05. The summed E-state index contributed by atoms with van der Waals surface area (Å²) < 4.78 is 5.05. The highest BCUT2D eigenvalue weighted by atomic mass is 16.3. The first kappa shape index (κ1) is 8.66. The average molecular weight is 187 g/mol. The van der Waals surface area contributed by atoms with Gasteiger partial charge in [0.2, 0.25) is 0 Å². The van der Waals surface area contributed by atoms with Crippen LogP contribution < -0.4 is 0 Å². The molecule has 4 heteroatoms. The second-order valence-corrected chi connectivity index (χ2v) is 3.04. The van der Waals surface area contributed by atoms with Crippen LogP contribution >= 0.6 is 0 Å². The number of azide groups is 1. The summed E-state index contributed by atoms with van der Waals surface area (Å²) in [5.41, 5.74) is 11.5. The Hall–Kier alpha value is -1.93. The van der Waals surface area contributed by atoms with Gasteiger partial charge in [0.1, 0.15) is 0 Å². The minimum absolute atomic E-state index is 0.504. The van der Waals surface area contributed by atoms with Gasteiger partial charge < -0.3 is 4.42 Å². The predicted octanol–water partition coefficient (Wildman–Crippen LogP) is 3.24. The lowest BCUT2D eigenvalue weighted by Crippen LogP contribution is -1.83. The van der Waals surface area contributed by atoms with E-state index in [1.165, 1.54) is 5.56 Å². The lowest BCUT2D eigenvalue weighted by atomic mass is 10.2. The molecule has 70 valence electrons. The molecule has 0 aromatic rings. The Kier molecular flexibility index (Phi) is 2.38. The summed E-state index contributed by atoms with van der Waals surface area (Å²) in [6.07, 6.45) is 4.14. The van der Waals surface area contributed by atoms with E-state index in [0.29, 0.717) is 6.54 Å². The minimum Gasteiger partial charge on any atom is -0.472 e. The van der Waals surface area contributed by atoms with Crippen molar-refractivity contribution in [3.63, 3.8) is 0 Å². The van der Waals surface area contributed by atoms with Crippen LogP contribution in [-0.2, 0) is 6.42 Å². The Morgan fingerprint density at radius 2 is 2.21 bits per heavy atom. The van der Waals surface area contributed by atoms with Crippen molar-refractivity contribution in [2.75, 3.05) is 6.54 Å². The maximum atomic E-state index is 8.13. The van der Waals surface area contributed by atoms with Crippen LogP contribution in [0.1, 0.15) is 5.56 Å². The fourth-order valence-electron chi connectivity index (χ4n) is 1.45. The van der Waals surface area contributed by atoms with Crippen LogP contribution in [0.4, 0.5) is 0 Å². The molecule has 0 spiro atoms. The average Bonchev–Trinajstić information content (AvgIpc) is 2.60. The van der Waals surface area contributed by atoms with E-state index in [-0.39, 0.29) is 0 Å². The first-order valence-corrected chi connectivity index (χ1v) is 4.36. The molecule has 4 nitrogen and oxygen atoms in total. The number of hydrogen-bond acceptors (Lipinski definition) is 2. The van der Waals surface area contributed by atoms with Gasteiger partial charge in [-0.1, -0.05) is 11.2 Å². The Morgan fingerprint density at radius 3 is 3.00 bits per heavy atom. The molecule has 0 amide bonds. The third-order valence-corrected chi connectivity index (χ3v) is 2.10. The quantitative estimate of drug-likeness (QED) is 0.413. The van der Waals surface area contributed by atoms with E-state index in [4.69, 9.17) is 9.95 Å². The van der Waals surface area contributed by atoms with Crippen LogP contribution in [0.3, 0.4) is 0 Å². The van der Waals surface area contributed by atoms with Crippen molar-refractivity contribution < 1.29 is 4.42 Å². The third kappa shape index (κ3) is 1.70. The maximum Gasteiger partial charge on any atom is 0.0979 e. The molecule has 0 saturated carbocycles. The van der Waals surface area contributed by atoms with Gasteiger partial charge in [-0.15, -0.1) is 0 Å². The van der Waals surface area contributed by atoms with Crippen molar-refractivity contribution in [1.82, 2.24) is 0 Å². The topological polar surface area (TPSA) is 61.9 Å². The molecule has 0 fully saturated rings. The second-order valence-electron chi connectivity index (χ2n) is 3.04. The van der Waals surface area contributed by atoms with Gasteiger partial charge in [0.15, 0.2) is 0 Å². The van der Waals surface area contributed by atoms with Crippen LogP contribution in [-0.4, -0.2) is 6.54 Å². The number of rotatable bonds is 3. The summed E-state index contributed by atoms with van der Waals surface area (Å²) in [6.45, 7) is 0.504. The third-order valence-electron chi connectivity index (χ3n) is 2.10. The fraction of sp³-hybridized carbons (Fsp3) is 0.200. The highest BCUT2D eigenvalue weighted by Crippen LogP contribution is 2.25. The molecule has 2 aliphatic rings. The summed E-state index contributed by atoms with van der Waals surface area (Å²) in [5.74, 6) is 0. The molecule has 2 rings (SSSR count). The van der Waals surface area contributed by atoms with Gasteiger partial charge in [-0.2, -0.15) is 0 Å². The molecule has 14 heavy (non-hydrogen) atoms. The highest BCUT2D eigenvalue weighted by molar-refractivity contribution is 5.66. The smallest absolute Gasteiger partial charge is 0.0979 e. The number of nitrogens with zero attached hydrogens (tertiary/aromatic N) is 3. The summed E-state index contributed by atoms with van der Waals surface area (Å²) in [4.78, 5) is 2.71. The van der Waals surface area contributed by atoms with Crippen molar-refractivity contribution in [3.8, 4) is 11.1 Å². The van der Waals surface area contributed by atoms with E-state index in [1.807, 2.05) is 12.1 Å². The molecule has 0 aromatic heterocycles. The lowest BCUT2D eigenvalue weighted by molar-refractivity contribution is 0.552. The van der Waals surface area contributed by atoms with Crippen LogP contribution in [0, 0.1) is 0 Å². The zero-order valence-corrected chi connectivity index (χ0v) is 7.55. The molecule has 0 radical (unpaired) electrons. The van der Waals surface area contributed by atoms with E-state index in [1.54, 1.807) is 12.5 Å². The minimum atomic E-state index is 0.504. The Bertz CT molecular complexity index is 413. The number of fused-ring (bicyclic) bond motifs is 1. The largest absolute Gasteiger partial charge is 0.472 e. The molecule has 0 aromatic carbocycles. The van der Waals surface area contributed by atoms with Crippen molar-refractivity contribution in [3.05, 3.63) is 46.7 Å².